The van der Waals surface area contributed by atoms with Crippen molar-refractivity contribution in [1.29, 1.82) is 0 Å². The highest BCUT2D eigenvalue weighted by Crippen LogP contribution is 2.36. The lowest BCUT2D eigenvalue weighted by Crippen LogP contribution is -2.36. The molecule has 1 heterocycles. The van der Waals surface area contributed by atoms with Crippen LogP contribution in [0.2, 0.25) is 0 Å². The van der Waals surface area contributed by atoms with Crippen LogP contribution in [0.25, 0.3) is 0 Å². The lowest BCUT2D eigenvalue weighted by Gasteiger charge is -2.07. The highest BCUT2D eigenvalue weighted by Gasteiger charge is 2.32. The van der Waals surface area contributed by atoms with Crippen molar-refractivity contribution in [3.63, 3.8) is 0 Å². The van der Waals surface area contributed by atoms with Gasteiger partial charge < -0.3 is 15.2 Å². The largest absolute Gasteiger partial charge is 0.338 e. The van der Waals surface area contributed by atoms with Crippen molar-refractivity contribution in [2.45, 2.75) is 33.4 Å². The third kappa shape index (κ3) is 3.18. The Balaban J connectivity index is 1.68. The monoisotopic (exact) mass is 237 g/mol. The van der Waals surface area contributed by atoms with Crippen LogP contribution in [0, 0.1) is 11.8 Å². The van der Waals surface area contributed by atoms with Gasteiger partial charge in [0.15, 0.2) is 5.82 Å². The number of hydrogen-bond donors (Lipinski definition) is 2. The van der Waals surface area contributed by atoms with Gasteiger partial charge in [-0.3, -0.25) is 0 Å². The van der Waals surface area contributed by atoms with Gasteiger partial charge in [0.05, 0.1) is 6.54 Å². The summed E-state index contributed by atoms with van der Waals surface area (Å²) >= 11 is 0. The molecule has 0 saturated heterocycles. The lowest BCUT2D eigenvalue weighted by molar-refractivity contribution is 0.239. The van der Waals surface area contributed by atoms with E-state index in [1.807, 2.05) is 11.5 Å². The number of aromatic nitrogens is 3. The maximum absolute atomic E-state index is 11.5. The Morgan fingerprint density at radius 2 is 2.35 bits per heavy atom. The van der Waals surface area contributed by atoms with E-state index in [0.717, 1.165) is 24.8 Å². The molecule has 0 aliphatic heterocycles. The predicted octanol–water partition coefficient (Wildman–Crippen LogP) is 0.753. The molecule has 0 aromatic carbocycles. The first-order chi connectivity index (χ1) is 8.20. The normalized spacial score (nSPS) is 22.2. The van der Waals surface area contributed by atoms with Crippen LogP contribution in [0.3, 0.4) is 0 Å². The molecule has 1 aliphatic carbocycles. The molecule has 6 heteroatoms. The molecule has 2 atom stereocenters. The lowest BCUT2D eigenvalue weighted by atomic mass is 10.3. The molecule has 0 bridgehead atoms. The molecule has 17 heavy (non-hydrogen) atoms. The molecule has 2 N–H and O–H groups in total. The summed E-state index contributed by atoms with van der Waals surface area (Å²) in [4.78, 5) is 11.5. The van der Waals surface area contributed by atoms with Crippen LogP contribution in [0.1, 0.15) is 26.1 Å². The van der Waals surface area contributed by atoms with Crippen LogP contribution < -0.4 is 10.6 Å². The van der Waals surface area contributed by atoms with E-state index in [0.29, 0.717) is 12.5 Å². The van der Waals surface area contributed by atoms with Gasteiger partial charge in [-0.05, 0) is 25.2 Å². The van der Waals surface area contributed by atoms with E-state index in [-0.39, 0.29) is 6.03 Å². The van der Waals surface area contributed by atoms with Gasteiger partial charge in [-0.2, -0.15) is 0 Å². The smallest absolute Gasteiger partial charge is 0.315 e. The number of aryl methyl sites for hydroxylation is 1. The molecular weight excluding hydrogens is 218 g/mol. The summed E-state index contributed by atoms with van der Waals surface area (Å²) in [6.07, 6.45) is 2.89. The summed E-state index contributed by atoms with van der Waals surface area (Å²) in [6, 6.07) is -0.130. The van der Waals surface area contributed by atoms with E-state index in [4.69, 9.17) is 0 Å². The van der Waals surface area contributed by atoms with Crippen LogP contribution in [-0.2, 0) is 13.1 Å². The number of carbonyl (C=O) groups excluding carboxylic acids is 1. The number of urea groups is 1. The maximum atomic E-state index is 11.5. The quantitative estimate of drug-likeness (QED) is 0.794. The van der Waals surface area contributed by atoms with Gasteiger partial charge in [0.2, 0.25) is 0 Å². The van der Waals surface area contributed by atoms with Crippen LogP contribution in [0.4, 0.5) is 4.79 Å². The molecule has 1 aromatic heterocycles. The number of carbonyl (C=O) groups is 1. The van der Waals surface area contributed by atoms with Gasteiger partial charge >= 0.3 is 6.03 Å². The van der Waals surface area contributed by atoms with E-state index in [1.165, 1.54) is 6.42 Å². The summed E-state index contributed by atoms with van der Waals surface area (Å²) in [7, 11) is 0. The molecule has 1 fully saturated rings. The number of amides is 2. The fraction of sp³-hybridized carbons (Fsp3) is 0.727. The fourth-order valence-electron chi connectivity index (χ4n) is 1.81. The summed E-state index contributed by atoms with van der Waals surface area (Å²) in [5.74, 6) is 2.21. The number of nitrogens with zero attached hydrogens (tertiary/aromatic N) is 3. The number of nitrogens with one attached hydrogen (secondary N) is 2. The molecule has 2 amide bonds. The summed E-state index contributed by atoms with van der Waals surface area (Å²) in [5.41, 5.74) is 0. The van der Waals surface area contributed by atoms with Gasteiger partial charge in [-0.15, -0.1) is 10.2 Å². The van der Waals surface area contributed by atoms with Gasteiger partial charge in [0, 0.05) is 13.1 Å². The Hall–Kier alpha value is -1.59. The minimum absolute atomic E-state index is 0.130. The fourth-order valence-corrected chi connectivity index (χ4v) is 1.81. The van der Waals surface area contributed by atoms with Crippen molar-refractivity contribution < 1.29 is 4.79 Å². The van der Waals surface area contributed by atoms with Crippen LogP contribution >= 0.6 is 0 Å². The second-order valence-corrected chi connectivity index (χ2v) is 4.57. The molecule has 6 nitrogen and oxygen atoms in total. The van der Waals surface area contributed by atoms with E-state index < -0.39 is 0 Å². The van der Waals surface area contributed by atoms with E-state index >= 15 is 0 Å². The summed E-state index contributed by atoms with van der Waals surface area (Å²) < 4.78 is 1.91. The maximum Gasteiger partial charge on any atom is 0.315 e. The van der Waals surface area contributed by atoms with E-state index in [9.17, 15) is 4.79 Å². The predicted molar refractivity (Wildman–Crippen MR) is 63.2 cm³/mol. The summed E-state index contributed by atoms with van der Waals surface area (Å²) in [6.45, 7) is 6.22. The highest BCUT2D eigenvalue weighted by atomic mass is 16.2. The molecular formula is C11H19N5O. The second-order valence-electron chi connectivity index (χ2n) is 4.57. The molecule has 0 spiro atoms. The van der Waals surface area contributed by atoms with Crippen LogP contribution in [-0.4, -0.2) is 27.3 Å². The molecule has 1 saturated carbocycles. The van der Waals surface area contributed by atoms with Crippen molar-refractivity contribution in [3.8, 4) is 0 Å². The minimum atomic E-state index is -0.130. The van der Waals surface area contributed by atoms with Gasteiger partial charge in [-0.1, -0.05) is 6.92 Å². The second kappa shape index (κ2) is 5.16. The zero-order valence-corrected chi connectivity index (χ0v) is 10.3. The van der Waals surface area contributed by atoms with Crippen molar-refractivity contribution in [1.82, 2.24) is 25.4 Å². The molecule has 1 aromatic rings. The van der Waals surface area contributed by atoms with Gasteiger partial charge in [0.25, 0.3) is 0 Å². The molecule has 0 radical (unpaired) electrons. The minimum Gasteiger partial charge on any atom is -0.338 e. The Morgan fingerprint density at radius 3 is 3.00 bits per heavy atom. The van der Waals surface area contributed by atoms with E-state index in [2.05, 4.69) is 27.8 Å². The van der Waals surface area contributed by atoms with Crippen molar-refractivity contribution >= 4 is 6.03 Å². The van der Waals surface area contributed by atoms with Crippen LogP contribution in [0.15, 0.2) is 6.33 Å². The van der Waals surface area contributed by atoms with Gasteiger partial charge in [-0.25, -0.2) is 4.79 Å². The van der Waals surface area contributed by atoms with Crippen LogP contribution in [0.5, 0.6) is 0 Å². The average Bonchev–Trinajstić information content (AvgIpc) is 2.86. The third-order valence-corrected chi connectivity index (χ3v) is 3.24. The number of rotatable bonds is 5. The SMILES string of the molecule is CCn1cnnc1CNC(=O)NC[C@H]1C[C@@H]1C. The van der Waals surface area contributed by atoms with E-state index in [1.54, 1.807) is 6.33 Å². The zero-order valence-electron chi connectivity index (χ0n) is 10.3. The Kier molecular flexibility index (Phi) is 3.61. The average molecular weight is 237 g/mol. The third-order valence-electron chi connectivity index (χ3n) is 3.24. The Morgan fingerprint density at radius 1 is 1.59 bits per heavy atom. The zero-order chi connectivity index (χ0) is 12.3. The first-order valence-electron chi connectivity index (χ1n) is 6.09. The standard InChI is InChI=1S/C11H19N5O/c1-3-16-7-14-15-10(16)6-13-11(17)12-5-9-4-8(9)2/h7-9H,3-6H2,1-2H3,(H2,12,13,17)/t8-,9+/m0/s1. The molecule has 0 unspecified atom stereocenters. The molecule has 1 aliphatic rings. The number of hydrogen-bond acceptors (Lipinski definition) is 3. The Bertz CT molecular complexity index is 389. The summed E-state index contributed by atoms with van der Waals surface area (Å²) in [5, 5.41) is 13.4. The highest BCUT2D eigenvalue weighted by molar-refractivity contribution is 5.73. The first kappa shape index (κ1) is 11.9. The first-order valence-corrected chi connectivity index (χ1v) is 6.09. The topological polar surface area (TPSA) is 71.8 Å². The van der Waals surface area contributed by atoms with Gasteiger partial charge in [0.1, 0.15) is 6.33 Å². The van der Waals surface area contributed by atoms with Crippen molar-refractivity contribution in [2.75, 3.05) is 6.54 Å². The van der Waals surface area contributed by atoms with Crippen molar-refractivity contribution in [3.05, 3.63) is 12.2 Å². The van der Waals surface area contributed by atoms with Crippen molar-refractivity contribution in [2.24, 2.45) is 11.8 Å². The Labute approximate surface area is 101 Å². The molecule has 2 rings (SSSR count). The molecule has 94 valence electrons.